The second kappa shape index (κ2) is 8.95. The van der Waals surface area contributed by atoms with Crippen molar-refractivity contribution in [2.75, 3.05) is 25.1 Å². The Morgan fingerprint density at radius 2 is 2.32 bits per heavy atom. The molecule has 1 rings (SSSR count). The summed E-state index contributed by atoms with van der Waals surface area (Å²) in [6, 6.07) is 8.87. The van der Waals surface area contributed by atoms with Gasteiger partial charge in [-0.3, -0.25) is 4.79 Å². The van der Waals surface area contributed by atoms with Crippen LogP contribution in [-0.2, 0) is 9.53 Å². The van der Waals surface area contributed by atoms with Crippen LogP contribution in [0.3, 0.4) is 0 Å². The summed E-state index contributed by atoms with van der Waals surface area (Å²) < 4.78 is 10.3. The van der Waals surface area contributed by atoms with Crippen molar-refractivity contribution in [2.24, 2.45) is 0 Å². The molecular formula is C14H18N2O3. The van der Waals surface area contributed by atoms with Crippen molar-refractivity contribution in [3.05, 3.63) is 24.3 Å². The van der Waals surface area contributed by atoms with E-state index in [-0.39, 0.29) is 12.5 Å². The van der Waals surface area contributed by atoms with Crippen LogP contribution in [-0.4, -0.2) is 25.7 Å². The molecule has 0 aromatic heterocycles. The molecule has 0 fully saturated rings. The Kier molecular flexibility index (Phi) is 7.06. The van der Waals surface area contributed by atoms with Crippen LogP contribution in [0.15, 0.2) is 24.3 Å². The number of carbonyl (C=O) groups is 1. The lowest BCUT2D eigenvalue weighted by molar-refractivity contribution is -0.116. The zero-order chi connectivity index (χ0) is 13.9. The Morgan fingerprint density at radius 1 is 1.47 bits per heavy atom. The molecule has 1 N–H and O–H groups in total. The van der Waals surface area contributed by atoms with Gasteiger partial charge in [0.15, 0.2) is 6.61 Å². The van der Waals surface area contributed by atoms with Crippen molar-refractivity contribution in [1.29, 1.82) is 5.26 Å². The van der Waals surface area contributed by atoms with Crippen molar-refractivity contribution in [1.82, 2.24) is 0 Å². The number of amides is 1. The SMILES string of the molecule is CCOCCCC(=O)Nc1cccc(OCC#N)c1. The van der Waals surface area contributed by atoms with Gasteiger partial charge < -0.3 is 14.8 Å². The van der Waals surface area contributed by atoms with E-state index in [1.165, 1.54) is 0 Å². The van der Waals surface area contributed by atoms with Crippen molar-refractivity contribution < 1.29 is 14.3 Å². The lowest BCUT2D eigenvalue weighted by Gasteiger charge is -2.07. The van der Waals surface area contributed by atoms with E-state index in [1.807, 2.05) is 13.0 Å². The summed E-state index contributed by atoms with van der Waals surface area (Å²) in [5.41, 5.74) is 0.664. The van der Waals surface area contributed by atoms with E-state index in [0.29, 0.717) is 37.5 Å². The number of nitrogens with one attached hydrogen (secondary N) is 1. The fourth-order valence-electron chi connectivity index (χ4n) is 1.48. The maximum Gasteiger partial charge on any atom is 0.224 e. The summed E-state index contributed by atoms with van der Waals surface area (Å²) in [7, 11) is 0. The van der Waals surface area contributed by atoms with Crippen LogP contribution in [0.2, 0.25) is 0 Å². The smallest absolute Gasteiger partial charge is 0.224 e. The van der Waals surface area contributed by atoms with E-state index >= 15 is 0 Å². The van der Waals surface area contributed by atoms with Gasteiger partial charge in [0.05, 0.1) is 0 Å². The fraction of sp³-hybridized carbons (Fsp3) is 0.429. The molecule has 1 aromatic rings. The number of ether oxygens (including phenoxy) is 2. The second-order valence-electron chi connectivity index (χ2n) is 3.82. The molecule has 0 radical (unpaired) electrons. The van der Waals surface area contributed by atoms with E-state index < -0.39 is 0 Å². The Balaban J connectivity index is 2.39. The Bertz CT molecular complexity index is 441. The highest BCUT2D eigenvalue weighted by atomic mass is 16.5. The molecule has 5 nitrogen and oxygen atoms in total. The first-order valence-corrected chi connectivity index (χ1v) is 6.23. The summed E-state index contributed by atoms with van der Waals surface area (Å²) in [6.45, 7) is 3.17. The lowest BCUT2D eigenvalue weighted by Crippen LogP contribution is -2.12. The van der Waals surface area contributed by atoms with E-state index in [2.05, 4.69) is 5.32 Å². The third-order valence-electron chi connectivity index (χ3n) is 2.32. The van der Waals surface area contributed by atoms with Gasteiger partial charge in [0.25, 0.3) is 0 Å². The molecule has 5 heteroatoms. The average Bonchev–Trinajstić information content (AvgIpc) is 2.42. The van der Waals surface area contributed by atoms with Gasteiger partial charge in [-0.2, -0.15) is 5.26 Å². The predicted octanol–water partition coefficient (Wildman–Crippen LogP) is 2.34. The van der Waals surface area contributed by atoms with Gasteiger partial charge in [0.2, 0.25) is 5.91 Å². The Morgan fingerprint density at radius 3 is 3.05 bits per heavy atom. The average molecular weight is 262 g/mol. The van der Waals surface area contributed by atoms with E-state index in [9.17, 15) is 4.79 Å². The first-order valence-electron chi connectivity index (χ1n) is 6.23. The van der Waals surface area contributed by atoms with E-state index in [1.54, 1.807) is 24.3 Å². The third-order valence-corrected chi connectivity index (χ3v) is 2.32. The van der Waals surface area contributed by atoms with Crippen LogP contribution in [0.5, 0.6) is 5.75 Å². The van der Waals surface area contributed by atoms with Crippen molar-refractivity contribution in [3.63, 3.8) is 0 Å². The van der Waals surface area contributed by atoms with Crippen LogP contribution in [0.25, 0.3) is 0 Å². The normalized spacial score (nSPS) is 9.68. The number of nitriles is 1. The fourth-order valence-corrected chi connectivity index (χ4v) is 1.48. The Labute approximate surface area is 113 Å². The highest BCUT2D eigenvalue weighted by molar-refractivity contribution is 5.90. The molecule has 0 heterocycles. The van der Waals surface area contributed by atoms with Gasteiger partial charge in [-0.1, -0.05) is 6.07 Å². The van der Waals surface area contributed by atoms with E-state index in [4.69, 9.17) is 14.7 Å². The number of hydrogen-bond acceptors (Lipinski definition) is 4. The minimum absolute atomic E-state index is 0.00818. The number of hydrogen-bond donors (Lipinski definition) is 1. The largest absolute Gasteiger partial charge is 0.479 e. The van der Waals surface area contributed by atoms with Gasteiger partial charge in [-0.15, -0.1) is 0 Å². The standard InChI is InChI=1S/C14H18N2O3/c1-2-18-9-4-7-14(17)16-12-5-3-6-13(11-12)19-10-8-15/h3,5-6,11H,2,4,7,9-10H2,1H3,(H,16,17). The van der Waals surface area contributed by atoms with Crippen LogP contribution < -0.4 is 10.1 Å². The van der Waals surface area contributed by atoms with Gasteiger partial charge in [0, 0.05) is 31.4 Å². The molecule has 0 aliphatic carbocycles. The van der Waals surface area contributed by atoms with Gasteiger partial charge in [-0.05, 0) is 25.5 Å². The first kappa shape index (κ1) is 15.0. The molecular weight excluding hydrogens is 244 g/mol. The minimum atomic E-state index is -0.0582. The van der Waals surface area contributed by atoms with Crippen molar-refractivity contribution in [3.8, 4) is 11.8 Å². The minimum Gasteiger partial charge on any atom is -0.479 e. The molecule has 0 unspecified atom stereocenters. The number of anilines is 1. The van der Waals surface area contributed by atoms with E-state index in [0.717, 1.165) is 0 Å². The monoisotopic (exact) mass is 262 g/mol. The molecule has 0 aliphatic rings. The molecule has 1 amide bonds. The van der Waals surface area contributed by atoms with Crippen molar-refractivity contribution >= 4 is 11.6 Å². The maximum atomic E-state index is 11.6. The molecule has 0 saturated heterocycles. The zero-order valence-electron chi connectivity index (χ0n) is 11.0. The number of carbonyl (C=O) groups excluding carboxylic acids is 1. The second-order valence-corrected chi connectivity index (χ2v) is 3.82. The van der Waals surface area contributed by atoms with Gasteiger partial charge in [0.1, 0.15) is 11.8 Å². The molecule has 19 heavy (non-hydrogen) atoms. The lowest BCUT2D eigenvalue weighted by atomic mass is 10.2. The molecule has 0 spiro atoms. The molecule has 0 saturated carbocycles. The predicted molar refractivity (Wildman–Crippen MR) is 71.9 cm³/mol. The first-order chi connectivity index (χ1) is 9.26. The Hall–Kier alpha value is -2.06. The van der Waals surface area contributed by atoms with Crippen molar-refractivity contribution in [2.45, 2.75) is 19.8 Å². The third kappa shape index (κ3) is 6.43. The topological polar surface area (TPSA) is 71.3 Å². The summed E-state index contributed by atoms with van der Waals surface area (Å²) in [6.07, 6.45) is 1.12. The quantitative estimate of drug-likeness (QED) is 0.730. The highest BCUT2D eigenvalue weighted by Gasteiger charge is 2.03. The zero-order valence-corrected chi connectivity index (χ0v) is 11.0. The summed E-state index contributed by atoms with van der Waals surface area (Å²) in [5.74, 6) is 0.505. The molecule has 0 aliphatic heterocycles. The number of rotatable bonds is 8. The molecule has 0 bridgehead atoms. The highest BCUT2D eigenvalue weighted by Crippen LogP contribution is 2.17. The van der Waals surface area contributed by atoms with Crippen LogP contribution in [0.1, 0.15) is 19.8 Å². The summed E-state index contributed by atoms with van der Waals surface area (Å²) >= 11 is 0. The van der Waals surface area contributed by atoms with Crippen LogP contribution >= 0.6 is 0 Å². The summed E-state index contributed by atoms with van der Waals surface area (Å²) in [5, 5.41) is 11.2. The number of nitrogens with zero attached hydrogens (tertiary/aromatic N) is 1. The summed E-state index contributed by atoms with van der Waals surface area (Å²) in [4.78, 5) is 11.6. The molecule has 0 atom stereocenters. The maximum absolute atomic E-state index is 11.6. The number of benzene rings is 1. The van der Waals surface area contributed by atoms with Gasteiger partial charge in [-0.25, -0.2) is 0 Å². The molecule has 1 aromatic carbocycles. The van der Waals surface area contributed by atoms with Crippen LogP contribution in [0.4, 0.5) is 5.69 Å². The van der Waals surface area contributed by atoms with Crippen LogP contribution in [0, 0.1) is 11.3 Å². The van der Waals surface area contributed by atoms with Gasteiger partial charge >= 0.3 is 0 Å². The molecule has 102 valence electrons.